The zero-order chi connectivity index (χ0) is 20.6. The van der Waals surface area contributed by atoms with Gasteiger partial charge in [-0.05, 0) is 46.0 Å². The molecule has 0 N–H and O–H groups in total. The number of carbonyl (C=O) groups is 1. The molecule has 168 valence electrons. The van der Waals surface area contributed by atoms with E-state index >= 15 is 0 Å². The summed E-state index contributed by atoms with van der Waals surface area (Å²) in [5.74, 6) is 1.12. The molecule has 0 aliphatic rings. The lowest BCUT2D eigenvalue weighted by Crippen LogP contribution is -3.00. The summed E-state index contributed by atoms with van der Waals surface area (Å²) in [7, 11) is 1.96. The summed E-state index contributed by atoms with van der Waals surface area (Å²) >= 11 is 0. The number of hydrogen-bond donors (Lipinski definition) is 0. The largest absolute Gasteiger partial charge is 1.00 e. The van der Waals surface area contributed by atoms with E-state index in [1.165, 1.54) is 77.0 Å². The van der Waals surface area contributed by atoms with Gasteiger partial charge in [-0.1, -0.05) is 70.4 Å². The van der Waals surface area contributed by atoms with Crippen LogP contribution in [0.4, 0.5) is 0 Å². The second-order valence-electron chi connectivity index (χ2n) is 8.49. The van der Waals surface area contributed by atoms with Gasteiger partial charge in [0.1, 0.15) is 12.4 Å². The zero-order valence-corrected chi connectivity index (χ0v) is 20.2. The van der Waals surface area contributed by atoms with E-state index in [-0.39, 0.29) is 18.2 Å². The van der Waals surface area contributed by atoms with E-state index in [9.17, 15) is 4.79 Å². The first kappa shape index (κ1) is 27.9. The molecule has 0 saturated heterocycles. The second-order valence-corrected chi connectivity index (χ2v) is 8.49. The van der Waals surface area contributed by atoms with Crippen molar-refractivity contribution in [2.45, 2.75) is 117 Å². The van der Waals surface area contributed by atoms with Crippen molar-refractivity contribution in [1.82, 2.24) is 4.57 Å². The first-order chi connectivity index (χ1) is 13.6. The van der Waals surface area contributed by atoms with Crippen LogP contribution in [0.2, 0.25) is 0 Å². The Morgan fingerprint density at radius 1 is 0.931 bits per heavy atom. The van der Waals surface area contributed by atoms with Crippen LogP contribution in [0.25, 0.3) is 0 Å². The maximum Gasteiger partial charge on any atom is 0.325 e. The molecule has 1 rings (SSSR count). The van der Waals surface area contributed by atoms with Crippen molar-refractivity contribution in [2.24, 2.45) is 7.05 Å². The summed E-state index contributed by atoms with van der Waals surface area (Å²) in [5.41, 5.74) is 0. The molecule has 1 aromatic rings. The molecule has 0 fully saturated rings. The summed E-state index contributed by atoms with van der Waals surface area (Å²) in [4.78, 5) is 12.5. The van der Waals surface area contributed by atoms with Crippen molar-refractivity contribution in [3.63, 3.8) is 0 Å². The molecule has 3 nitrogen and oxygen atoms in total. The van der Waals surface area contributed by atoms with E-state index in [2.05, 4.69) is 37.5 Å². The molecule has 0 aliphatic carbocycles. The smallest absolute Gasteiger partial charge is 0.325 e. The molecule has 0 unspecified atom stereocenters. The highest BCUT2D eigenvalue weighted by molar-refractivity contribution is 5.91. The fourth-order valence-electron chi connectivity index (χ4n) is 3.72. The number of nitrogens with zero attached hydrogens (tertiary/aromatic N) is 2. The maximum atomic E-state index is 12.5. The second kappa shape index (κ2) is 17.7. The number of aryl methyl sites for hydroxylation is 1. The van der Waals surface area contributed by atoms with Crippen molar-refractivity contribution in [3.8, 4) is 0 Å². The van der Waals surface area contributed by atoms with Crippen LogP contribution in [0, 0.1) is 0 Å². The Labute approximate surface area is 186 Å². The quantitative estimate of drug-likeness (QED) is 0.160. The SMILES string of the molecule is CCCCCCCCC=CCCCCCCCC(=O)c1n(C(C)C)cc[n+]1C.[Cl-]. The predicted octanol–water partition coefficient (Wildman–Crippen LogP) is 4.12. The Kier molecular flexibility index (Phi) is 17.1. The standard InChI is InChI=1S/C25H45N2O.ClH/c1-5-6-7-8-9-10-11-12-13-14-15-16-17-18-19-20-24(28)25-26(4)21-22-27(25)23(2)3;/h12-13,21-23H,5-11,14-20H2,1-4H3;1H/q+1;/p-1. The lowest BCUT2D eigenvalue weighted by Gasteiger charge is -2.05. The fraction of sp³-hybridized carbons (Fsp3) is 0.760. The lowest BCUT2D eigenvalue weighted by molar-refractivity contribution is -0.673. The molecule has 0 saturated carbocycles. The summed E-state index contributed by atoms with van der Waals surface area (Å²) in [6.07, 6.45) is 26.2. The molecule has 0 aromatic carbocycles. The average Bonchev–Trinajstić information content (AvgIpc) is 3.06. The van der Waals surface area contributed by atoms with Crippen LogP contribution >= 0.6 is 0 Å². The molecule has 1 aromatic heterocycles. The van der Waals surface area contributed by atoms with Crippen LogP contribution in [0.5, 0.6) is 0 Å². The topological polar surface area (TPSA) is 25.9 Å². The van der Waals surface area contributed by atoms with E-state index in [0.717, 1.165) is 12.2 Å². The zero-order valence-electron chi connectivity index (χ0n) is 19.5. The van der Waals surface area contributed by atoms with Gasteiger partial charge in [0.25, 0.3) is 0 Å². The molecule has 0 radical (unpaired) electrons. The van der Waals surface area contributed by atoms with E-state index < -0.39 is 0 Å². The number of rotatable bonds is 17. The van der Waals surface area contributed by atoms with Crippen LogP contribution in [0.1, 0.15) is 127 Å². The Morgan fingerprint density at radius 3 is 2.00 bits per heavy atom. The number of aromatic nitrogens is 2. The molecule has 0 spiro atoms. The van der Waals surface area contributed by atoms with Gasteiger partial charge in [0.15, 0.2) is 0 Å². The molecule has 1 heterocycles. The molecular formula is C25H45ClN2O. The van der Waals surface area contributed by atoms with Crippen LogP contribution < -0.4 is 17.0 Å². The number of imidazole rings is 1. The van der Waals surface area contributed by atoms with Crippen LogP contribution in [-0.2, 0) is 7.05 Å². The fourth-order valence-corrected chi connectivity index (χ4v) is 3.72. The van der Waals surface area contributed by atoms with Crippen molar-refractivity contribution in [1.29, 1.82) is 0 Å². The summed E-state index contributed by atoms with van der Waals surface area (Å²) in [6.45, 7) is 6.52. The molecule has 0 bridgehead atoms. The van der Waals surface area contributed by atoms with Crippen molar-refractivity contribution < 1.29 is 21.8 Å². The van der Waals surface area contributed by atoms with Crippen molar-refractivity contribution in [2.75, 3.05) is 0 Å². The van der Waals surface area contributed by atoms with Crippen LogP contribution in [-0.4, -0.2) is 10.4 Å². The summed E-state index contributed by atoms with van der Waals surface area (Å²) < 4.78 is 4.04. The van der Waals surface area contributed by atoms with Gasteiger partial charge in [-0.2, -0.15) is 0 Å². The monoisotopic (exact) mass is 424 g/mol. The molecule has 0 aliphatic heterocycles. The van der Waals surface area contributed by atoms with Gasteiger partial charge in [-0.25, -0.2) is 9.13 Å². The van der Waals surface area contributed by atoms with Gasteiger partial charge in [-0.15, -0.1) is 0 Å². The molecule has 4 heteroatoms. The third-order valence-electron chi connectivity index (χ3n) is 5.50. The number of carbonyl (C=O) groups excluding carboxylic acids is 1. The predicted molar refractivity (Wildman–Crippen MR) is 120 cm³/mol. The Balaban J connectivity index is 0.00000784. The summed E-state index contributed by atoms with van der Waals surface area (Å²) in [5, 5.41) is 0. The minimum absolute atomic E-state index is 0. The Bertz CT molecular complexity index is 563. The number of allylic oxidation sites excluding steroid dienone is 2. The van der Waals surface area contributed by atoms with Crippen molar-refractivity contribution >= 4 is 5.78 Å². The number of Topliss-reactive ketones (excluding diaryl/α,β-unsaturated/α-hetero) is 1. The maximum absolute atomic E-state index is 12.5. The van der Waals surface area contributed by atoms with E-state index in [1.807, 2.05) is 24.0 Å². The first-order valence-electron chi connectivity index (χ1n) is 11.8. The minimum Gasteiger partial charge on any atom is -1.00 e. The highest BCUT2D eigenvalue weighted by Crippen LogP contribution is 2.13. The molecular weight excluding hydrogens is 380 g/mol. The summed E-state index contributed by atoms with van der Waals surface area (Å²) in [6, 6.07) is 0.328. The Morgan fingerprint density at radius 2 is 1.45 bits per heavy atom. The van der Waals surface area contributed by atoms with Gasteiger partial charge in [0.05, 0.1) is 13.1 Å². The van der Waals surface area contributed by atoms with Gasteiger partial charge in [-0.3, -0.25) is 4.79 Å². The van der Waals surface area contributed by atoms with E-state index in [0.29, 0.717) is 12.5 Å². The molecule has 0 amide bonds. The third-order valence-corrected chi connectivity index (χ3v) is 5.50. The number of halogens is 1. The first-order valence-corrected chi connectivity index (χ1v) is 11.8. The van der Waals surface area contributed by atoms with Gasteiger partial charge in [0, 0.05) is 6.42 Å². The highest BCUT2D eigenvalue weighted by atomic mass is 35.5. The van der Waals surface area contributed by atoms with E-state index in [1.54, 1.807) is 0 Å². The van der Waals surface area contributed by atoms with E-state index in [4.69, 9.17) is 0 Å². The highest BCUT2D eigenvalue weighted by Gasteiger charge is 2.24. The van der Waals surface area contributed by atoms with Crippen LogP contribution in [0.15, 0.2) is 24.5 Å². The minimum atomic E-state index is 0. The van der Waals surface area contributed by atoms with Crippen molar-refractivity contribution in [3.05, 3.63) is 30.4 Å². The van der Waals surface area contributed by atoms with Gasteiger partial charge >= 0.3 is 5.82 Å². The lowest BCUT2D eigenvalue weighted by atomic mass is 10.1. The molecule has 0 atom stereocenters. The Hall–Kier alpha value is -1.09. The average molecular weight is 425 g/mol. The number of ketones is 1. The third kappa shape index (κ3) is 12.3. The molecule has 29 heavy (non-hydrogen) atoms. The van der Waals surface area contributed by atoms with Gasteiger partial charge < -0.3 is 12.4 Å². The normalized spacial score (nSPS) is 11.3. The van der Waals surface area contributed by atoms with Gasteiger partial charge in [0.2, 0.25) is 5.78 Å². The number of unbranched alkanes of at least 4 members (excludes halogenated alkanes) is 11. The van der Waals surface area contributed by atoms with Crippen LogP contribution in [0.3, 0.4) is 0 Å². The number of hydrogen-bond acceptors (Lipinski definition) is 1.